The SMILES string of the molecule is CCc1ccccc1-c1nc(Cl)c(Br)c(CC)n1. The van der Waals surface area contributed by atoms with Gasteiger partial charge in [0.15, 0.2) is 5.82 Å². The topological polar surface area (TPSA) is 25.8 Å². The zero-order valence-electron chi connectivity index (χ0n) is 10.4. The van der Waals surface area contributed by atoms with Crippen LogP contribution in [0.2, 0.25) is 5.15 Å². The molecule has 0 N–H and O–H groups in total. The Bertz CT molecular complexity index is 570. The average Bonchev–Trinajstić information content (AvgIpc) is 2.41. The normalized spacial score (nSPS) is 10.7. The van der Waals surface area contributed by atoms with E-state index in [0.717, 1.165) is 28.6 Å². The van der Waals surface area contributed by atoms with Crippen molar-refractivity contribution < 1.29 is 0 Å². The number of rotatable bonds is 3. The molecule has 0 aliphatic rings. The van der Waals surface area contributed by atoms with Crippen molar-refractivity contribution in [2.24, 2.45) is 0 Å². The van der Waals surface area contributed by atoms with Gasteiger partial charge in [0.2, 0.25) is 0 Å². The minimum absolute atomic E-state index is 0.475. The van der Waals surface area contributed by atoms with Crippen LogP contribution in [0.1, 0.15) is 25.1 Å². The van der Waals surface area contributed by atoms with Gasteiger partial charge in [0.1, 0.15) is 5.15 Å². The highest BCUT2D eigenvalue weighted by Crippen LogP contribution is 2.28. The van der Waals surface area contributed by atoms with Gasteiger partial charge in [-0.3, -0.25) is 0 Å². The maximum Gasteiger partial charge on any atom is 0.161 e. The molecule has 0 atom stereocenters. The minimum Gasteiger partial charge on any atom is -0.232 e. The number of halogens is 2. The van der Waals surface area contributed by atoms with E-state index in [1.165, 1.54) is 5.56 Å². The number of hydrogen-bond donors (Lipinski definition) is 0. The number of aromatic nitrogens is 2. The second kappa shape index (κ2) is 5.81. The summed E-state index contributed by atoms with van der Waals surface area (Å²) in [5.74, 6) is 0.706. The van der Waals surface area contributed by atoms with E-state index in [1.54, 1.807) is 0 Å². The van der Waals surface area contributed by atoms with Gasteiger partial charge in [-0.1, -0.05) is 49.7 Å². The summed E-state index contributed by atoms with van der Waals surface area (Å²) in [5.41, 5.74) is 3.23. The number of benzene rings is 1. The van der Waals surface area contributed by atoms with Crippen LogP contribution in [0.15, 0.2) is 28.7 Å². The molecule has 0 saturated heterocycles. The van der Waals surface area contributed by atoms with Gasteiger partial charge in [0.05, 0.1) is 10.2 Å². The molecule has 0 amide bonds. The van der Waals surface area contributed by atoms with Crippen molar-refractivity contribution in [2.45, 2.75) is 26.7 Å². The Morgan fingerprint density at radius 2 is 1.83 bits per heavy atom. The Balaban J connectivity index is 2.61. The molecule has 94 valence electrons. The highest BCUT2D eigenvalue weighted by atomic mass is 79.9. The van der Waals surface area contributed by atoms with Gasteiger partial charge < -0.3 is 0 Å². The quantitative estimate of drug-likeness (QED) is 0.765. The molecule has 2 nitrogen and oxygen atoms in total. The first-order valence-electron chi connectivity index (χ1n) is 5.97. The van der Waals surface area contributed by atoms with E-state index in [-0.39, 0.29) is 0 Å². The summed E-state index contributed by atoms with van der Waals surface area (Å²) in [6.45, 7) is 4.18. The molecule has 0 radical (unpaired) electrons. The Morgan fingerprint density at radius 3 is 2.50 bits per heavy atom. The van der Waals surface area contributed by atoms with Gasteiger partial charge in [-0.2, -0.15) is 0 Å². The standard InChI is InChI=1S/C14H14BrClN2/c1-3-9-7-5-6-8-10(9)14-17-11(4-2)12(15)13(16)18-14/h5-8H,3-4H2,1-2H3. The van der Waals surface area contributed by atoms with Crippen molar-refractivity contribution in [2.75, 3.05) is 0 Å². The highest BCUT2D eigenvalue weighted by Gasteiger charge is 2.12. The summed E-state index contributed by atoms with van der Waals surface area (Å²) in [6.07, 6.45) is 1.78. The first kappa shape index (κ1) is 13.5. The summed E-state index contributed by atoms with van der Waals surface area (Å²) in [6, 6.07) is 8.17. The van der Waals surface area contributed by atoms with Crippen LogP contribution in [0.4, 0.5) is 0 Å². The second-order valence-corrected chi connectivity index (χ2v) is 5.11. The van der Waals surface area contributed by atoms with Crippen molar-refractivity contribution in [3.05, 3.63) is 45.1 Å². The Morgan fingerprint density at radius 1 is 1.11 bits per heavy atom. The van der Waals surface area contributed by atoms with Crippen molar-refractivity contribution in [1.29, 1.82) is 0 Å². The van der Waals surface area contributed by atoms with Crippen LogP contribution >= 0.6 is 27.5 Å². The second-order valence-electron chi connectivity index (χ2n) is 3.96. The Labute approximate surface area is 121 Å². The zero-order chi connectivity index (χ0) is 13.1. The van der Waals surface area contributed by atoms with Gasteiger partial charge in [-0.05, 0) is 34.3 Å². The van der Waals surface area contributed by atoms with Crippen LogP contribution in [0.5, 0.6) is 0 Å². The van der Waals surface area contributed by atoms with E-state index in [1.807, 2.05) is 18.2 Å². The maximum atomic E-state index is 6.15. The van der Waals surface area contributed by atoms with Gasteiger partial charge in [0.25, 0.3) is 0 Å². The van der Waals surface area contributed by atoms with Crippen LogP contribution in [0, 0.1) is 0 Å². The molecule has 2 aromatic rings. The van der Waals surface area contributed by atoms with E-state index in [4.69, 9.17) is 11.6 Å². The zero-order valence-corrected chi connectivity index (χ0v) is 12.7. The predicted octanol–water partition coefficient (Wildman–Crippen LogP) is 4.68. The minimum atomic E-state index is 0.475. The monoisotopic (exact) mass is 324 g/mol. The first-order valence-corrected chi connectivity index (χ1v) is 7.14. The lowest BCUT2D eigenvalue weighted by atomic mass is 10.0. The van der Waals surface area contributed by atoms with E-state index in [0.29, 0.717) is 11.0 Å². The summed E-state index contributed by atoms with van der Waals surface area (Å²) >= 11 is 9.57. The smallest absolute Gasteiger partial charge is 0.161 e. The average molecular weight is 326 g/mol. The van der Waals surface area contributed by atoms with E-state index in [9.17, 15) is 0 Å². The van der Waals surface area contributed by atoms with Gasteiger partial charge >= 0.3 is 0 Å². The van der Waals surface area contributed by atoms with Crippen molar-refractivity contribution in [1.82, 2.24) is 9.97 Å². The molecule has 1 heterocycles. The largest absolute Gasteiger partial charge is 0.232 e. The van der Waals surface area contributed by atoms with Crippen molar-refractivity contribution in [3.63, 3.8) is 0 Å². The summed E-state index contributed by atoms with van der Waals surface area (Å²) < 4.78 is 0.796. The molecule has 0 bridgehead atoms. The fourth-order valence-electron chi connectivity index (χ4n) is 1.86. The lowest BCUT2D eigenvalue weighted by Crippen LogP contribution is -1.99. The lowest BCUT2D eigenvalue weighted by Gasteiger charge is -2.09. The third-order valence-electron chi connectivity index (χ3n) is 2.85. The van der Waals surface area contributed by atoms with Crippen molar-refractivity contribution >= 4 is 27.5 Å². The molecule has 4 heteroatoms. The molecular weight excluding hydrogens is 312 g/mol. The Hall–Kier alpha value is -0.930. The molecular formula is C14H14BrClN2. The first-order chi connectivity index (χ1) is 8.67. The van der Waals surface area contributed by atoms with Gasteiger partial charge in [0, 0.05) is 5.56 Å². The fourth-order valence-corrected chi connectivity index (χ4v) is 2.51. The lowest BCUT2D eigenvalue weighted by molar-refractivity contribution is 0.986. The highest BCUT2D eigenvalue weighted by molar-refractivity contribution is 9.10. The molecule has 0 unspecified atom stereocenters. The molecule has 0 aliphatic carbocycles. The number of hydrogen-bond acceptors (Lipinski definition) is 2. The van der Waals surface area contributed by atoms with Crippen molar-refractivity contribution in [3.8, 4) is 11.4 Å². The third kappa shape index (κ3) is 2.57. The van der Waals surface area contributed by atoms with Crippen LogP contribution < -0.4 is 0 Å². The summed E-state index contributed by atoms with van der Waals surface area (Å²) in [7, 11) is 0. The third-order valence-corrected chi connectivity index (χ3v) is 4.19. The van der Waals surface area contributed by atoms with E-state index < -0.39 is 0 Å². The maximum absolute atomic E-state index is 6.15. The number of aryl methyl sites for hydroxylation is 2. The molecule has 0 spiro atoms. The van der Waals surface area contributed by atoms with E-state index >= 15 is 0 Å². The molecule has 2 rings (SSSR count). The summed E-state index contributed by atoms with van der Waals surface area (Å²) in [5, 5.41) is 0.475. The predicted molar refractivity (Wildman–Crippen MR) is 78.9 cm³/mol. The number of nitrogens with zero attached hydrogens (tertiary/aromatic N) is 2. The molecule has 0 aliphatic heterocycles. The Kier molecular flexibility index (Phi) is 4.36. The molecule has 1 aromatic heterocycles. The van der Waals surface area contributed by atoms with Gasteiger partial charge in [-0.25, -0.2) is 9.97 Å². The van der Waals surface area contributed by atoms with Crippen LogP contribution in [-0.2, 0) is 12.8 Å². The van der Waals surface area contributed by atoms with Crippen LogP contribution in [0.25, 0.3) is 11.4 Å². The molecule has 0 fully saturated rings. The molecule has 0 saturated carbocycles. The molecule has 1 aromatic carbocycles. The van der Waals surface area contributed by atoms with Crippen LogP contribution in [-0.4, -0.2) is 9.97 Å². The summed E-state index contributed by atoms with van der Waals surface area (Å²) in [4.78, 5) is 8.96. The molecule has 18 heavy (non-hydrogen) atoms. The van der Waals surface area contributed by atoms with Gasteiger partial charge in [-0.15, -0.1) is 0 Å². The van der Waals surface area contributed by atoms with Crippen LogP contribution in [0.3, 0.4) is 0 Å². The fraction of sp³-hybridized carbons (Fsp3) is 0.286. The van der Waals surface area contributed by atoms with E-state index in [2.05, 4.69) is 45.8 Å².